The van der Waals surface area contributed by atoms with Crippen LogP contribution in [0, 0.1) is 21.4 Å². The van der Waals surface area contributed by atoms with Gasteiger partial charge in [-0.1, -0.05) is 12.1 Å². The summed E-state index contributed by atoms with van der Waals surface area (Å²) in [5, 5.41) is 19.4. The molecule has 1 heterocycles. The van der Waals surface area contributed by atoms with E-state index < -0.39 is 21.9 Å². The van der Waals surface area contributed by atoms with E-state index in [-0.39, 0.29) is 6.54 Å². The molecule has 0 saturated carbocycles. The van der Waals surface area contributed by atoms with Crippen LogP contribution in [-0.4, -0.2) is 14.5 Å². The van der Waals surface area contributed by atoms with Crippen molar-refractivity contribution in [3.8, 4) is 6.07 Å². The second kappa shape index (κ2) is 5.19. The van der Waals surface area contributed by atoms with Gasteiger partial charge in [-0.3, -0.25) is 24.5 Å². The summed E-state index contributed by atoms with van der Waals surface area (Å²) in [7, 11) is 0. The Labute approximate surface area is 111 Å². The van der Waals surface area contributed by atoms with Crippen LogP contribution in [0.25, 0.3) is 0 Å². The Morgan fingerprint density at radius 2 is 2.15 bits per heavy atom. The molecule has 1 aromatic heterocycles. The van der Waals surface area contributed by atoms with Gasteiger partial charge in [-0.05, 0) is 17.7 Å². The average Bonchev–Trinajstić information content (AvgIpc) is 2.41. The summed E-state index contributed by atoms with van der Waals surface area (Å²) in [4.78, 5) is 34.5. The summed E-state index contributed by atoms with van der Waals surface area (Å²) in [6, 6.07) is 8.42. The number of nitro groups is 1. The van der Waals surface area contributed by atoms with Crippen LogP contribution < -0.4 is 11.2 Å². The molecule has 0 spiro atoms. The lowest BCUT2D eigenvalue weighted by Crippen LogP contribution is -2.31. The van der Waals surface area contributed by atoms with Crippen molar-refractivity contribution in [1.82, 2.24) is 9.55 Å². The van der Waals surface area contributed by atoms with Gasteiger partial charge in [-0.15, -0.1) is 0 Å². The summed E-state index contributed by atoms with van der Waals surface area (Å²) in [5.74, 6) is 0. The molecule has 2 aromatic rings. The lowest BCUT2D eigenvalue weighted by atomic mass is 10.1. The second-order valence-electron chi connectivity index (χ2n) is 3.97. The average molecular weight is 272 g/mol. The molecule has 0 fully saturated rings. The van der Waals surface area contributed by atoms with Crippen LogP contribution in [0.5, 0.6) is 0 Å². The SMILES string of the molecule is N#Cc1cccc(Cn2cc([N+](=O)[O-])c(=O)[nH]c2=O)c1. The van der Waals surface area contributed by atoms with Gasteiger partial charge in [0.25, 0.3) is 0 Å². The molecule has 0 aliphatic carbocycles. The molecule has 0 amide bonds. The van der Waals surface area contributed by atoms with Crippen molar-refractivity contribution in [3.05, 3.63) is 72.5 Å². The van der Waals surface area contributed by atoms with Crippen LogP contribution in [0.4, 0.5) is 5.69 Å². The van der Waals surface area contributed by atoms with E-state index in [1.54, 1.807) is 24.3 Å². The minimum atomic E-state index is -1.04. The predicted octanol–water partition coefficient (Wildman–Crippen LogP) is 0.365. The van der Waals surface area contributed by atoms with Crippen molar-refractivity contribution >= 4 is 5.69 Å². The summed E-state index contributed by atoms with van der Waals surface area (Å²) in [6.07, 6.45) is 0.889. The van der Waals surface area contributed by atoms with Crippen LogP contribution in [-0.2, 0) is 6.54 Å². The largest absolute Gasteiger partial charge is 0.350 e. The minimum Gasteiger partial charge on any atom is -0.289 e. The quantitative estimate of drug-likeness (QED) is 0.638. The summed E-state index contributed by atoms with van der Waals surface area (Å²) < 4.78 is 1.01. The molecule has 0 unspecified atom stereocenters. The van der Waals surface area contributed by atoms with E-state index >= 15 is 0 Å². The van der Waals surface area contributed by atoms with Crippen molar-refractivity contribution in [3.63, 3.8) is 0 Å². The fourth-order valence-electron chi connectivity index (χ4n) is 1.68. The summed E-state index contributed by atoms with van der Waals surface area (Å²) in [5.41, 5.74) is -1.46. The Bertz CT molecular complexity index is 828. The maximum absolute atomic E-state index is 11.6. The fraction of sp³-hybridized carbons (Fsp3) is 0.0833. The van der Waals surface area contributed by atoms with Crippen molar-refractivity contribution < 1.29 is 4.92 Å². The molecule has 0 aliphatic heterocycles. The number of hydrogen-bond acceptors (Lipinski definition) is 5. The molecule has 0 bridgehead atoms. The van der Waals surface area contributed by atoms with E-state index in [1.165, 1.54) is 0 Å². The second-order valence-corrected chi connectivity index (χ2v) is 3.97. The Morgan fingerprint density at radius 1 is 1.40 bits per heavy atom. The van der Waals surface area contributed by atoms with Gasteiger partial charge in [0, 0.05) is 0 Å². The molecule has 0 atom stereocenters. The van der Waals surface area contributed by atoms with E-state index in [1.807, 2.05) is 11.1 Å². The van der Waals surface area contributed by atoms with E-state index in [0.717, 1.165) is 10.8 Å². The maximum atomic E-state index is 11.6. The Morgan fingerprint density at radius 3 is 2.80 bits per heavy atom. The number of rotatable bonds is 3. The highest BCUT2D eigenvalue weighted by molar-refractivity contribution is 5.33. The lowest BCUT2D eigenvalue weighted by Gasteiger charge is -2.05. The zero-order valence-electron chi connectivity index (χ0n) is 10.1. The molecule has 0 aliphatic rings. The molecular formula is C12H8N4O4. The Balaban J connectivity index is 2.46. The van der Waals surface area contributed by atoms with Gasteiger partial charge in [0.2, 0.25) is 0 Å². The lowest BCUT2D eigenvalue weighted by molar-refractivity contribution is -0.386. The number of hydrogen-bond donors (Lipinski definition) is 1. The predicted molar refractivity (Wildman–Crippen MR) is 68.2 cm³/mol. The van der Waals surface area contributed by atoms with E-state index in [0.29, 0.717) is 11.1 Å². The van der Waals surface area contributed by atoms with Crippen molar-refractivity contribution in [2.75, 3.05) is 0 Å². The van der Waals surface area contributed by atoms with Crippen molar-refractivity contribution in [2.45, 2.75) is 6.54 Å². The number of H-pyrrole nitrogens is 1. The van der Waals surface area contributed by atoms with E-state index in [2.05, 4.69) is 0 Å². The number of nitrogens with zero attached hydrogens (tertiary/aromatic N) is 3. The van der Waals surface area contributed by atoms with Crippen LogP contribution in [0.2, 0.25) is 0 Å². The fourth-order valence-corrected chi connectivity index (χ4v) is 1.68. The zero-order chi connectivity index (χ0) is 14.7. The first-order chi connectivity index (χ1) is 9.51. The molecule has 8 nitrogen and oxygen atoms in total. The van der Waals surface area contributed by atoms with Crippen molar-refractivity contribution in [1.29, 1.82) is 5.26 Å². The number of nitrogens with one attached hydrogen (secondary N) is 1. The summed E-state index contributed by atoms with van der Waals surface area (Å²) >= 11 is 0. The van der Waals surface area contributed by atoms with Crippen molar-refractivity contribution in [2.24, 2.45) is 0 Å². The molecule has 0 saturated heterocycles. The van der Waals surface area contributed by atoms with Crippen LogP contribution >= 0.6 is 0 Å². The number of aromatic nitrogens is 2. The van der Waals surface area contributed by atoms with Crippen LogP contribution in [0.3, 0.4) is 0 Å². The first-order valence-corrected chi connectivity index (χ1v) is 5.48. The molecule has 8 heteroatoms. The molecule has 100 valence electrons. The van der Waals surface area contributed by atoms with Gasteiger partial charge in [-0.2, -0.15) is 5.26 Å². The van der Waals surface area contributed by atoms with Gasteiger partial charge in [0.15, 0.2) is 0 Å². The van der Waals surface area contributed by atoms with Gasteiger partial charge >= 0.3 is 16.9 Å². The number of nitriles is 1. The normalized spacial score (nSPS) is 9.95. The number of benzene rings is 1. The monoisotopic (exact) mass is 272 g/mol. The van der Waals surface area contributed by atoms with Crippen LogP contribution in [0.15, 0.2) is 40.1 Å². The van der Waals surface area contributed by atoms with Gasteiger partial charge < -0.3 is 0 Å². The third kappa shape index (κ3) is 2.62. The topological polar surface area (TPSA) is 122 Å². The van der Waals surface area contributed by atoms with E-state index in [9.17, 15) is 19.7 Å². The van der Waals surface area contributed by atoms with E-state index in [4.69, 9.17) is 5.26 Å². The summed E-state index contributed by atoms with van der Waals surface area (Å²) in [6.45, 7) is 0.0198. The molecule has 1 aromatic carbocycles. The molecular weight excluding hydrogens is 264 g/mol. The Hall–Kier alpha value is -3.21. The molecule has 0 radical (unpaired) electrons. The van der Waals surface area contributed by atoms with Crippen LogP contribution in [0.1, 0.15) is 11.1 Å². The minimum absolute atomic E-state index is 0.0198. The smallest absolute Gasteiger partial charge is 0.289 e. The molecule has 2 rings (SSSR count). The standard InChI is InChI=1S/C12H8N4O4/c13-5-8-2-1-3-9(4-8)6-15-7-10(16(19)20)11(17)14-12(15)18/h1-4,7H,6H2,(H,14,17,18). The first-order valence-electron chi connectivity index (χ1n) is 5.48. The van der Waals surface area contributed by atoms with Gasteiger partial charge in [-0.25, -0.2) is 4.79 Å². The highest BCUT2D eigenvalue weighted by Crippen LogP contribution is 2.06. The molecule has 20 heavy (non-hydrogen) atoms. The third-order valence-corrected chi connectivity index (χ3v) is 2.60. The molecule has 1 N–H and O–H groups in total. The third-order valence-electron chi connectivity index (χ3n) is 2.60. The van der Waals surface area contributed by atoms with Gasteiger partial charge in [0.1, 0.15) is 0 Å². The maximum Gasteiger partial charge on any atom is 0.350 e. The number of aromatic amines is 1. The highest BCUT2D eigenvalue weighted by atomic mass is 16.6. The Kier molecular flexibility index (Phi) is 3.43. The zero-order valence-corrected chi connectivity index (χ0v) is 10.1. The highest BCUT2D eigenvalue weighted by Gasteiger charge is 2.14. The van der Waals surface area contributed by atoms with Gasteiger partial charge in [0.05, 0.1) is 29.3 Å². The first kappa shape index (κ1) is 13.2.